The minimum absolute atomic E-state index is 0.0921. The normalized spacial score (nSPS) is 15.2. The molecule has 1 aliphatic rings. The molecule has 2 amide bonds. The summed E-state index contributed by atoms with van der Waals surface area (Å²) in [5.41, 5.74) is 3.92. The van der Waals surface area contributed by atoms with Gasteiger partial charge in [0.25, 0.3) is 6.43 Å². The van der Waals surface area contributed by atoms with Crippen LogP contribution in [-0.2, 0) is 14.3 Å². The SMILES string of the molecule is CC(O)C(NC(=O)CC(NC(=O)OCC1c2ccccc2-c2ccccc21)C(F)F)C(=O)O. The first-order valence-corrected chi connectivity index (χ1v) is 10.3. The van der Waals surface area contributed by atoms with Gasteiger partial charge < -0.3 is 25.6 Å². The number of carbonyl (C=O) groups is 3. The van der Waals surface area contributed by atoms with Crippen LogP contribution < -0.4 is 10.6 Å². The zero-order valence-corrected chi connectivity index (χ0v) is 17.7. The van der Waals surface area contributed by atoms with E-state index in [0.717, 1.165) is 29.2 Å². The third-order valence-corrected chi connectivity index (χ3v) is 5.42. The summed E-state index contributed by atoms with van der Waals surface area (Å²) in [6.45, 7) is 1.05. The van der Waals surface area contributed by atoms with Crippen molar-refractivity contribution in [1.29, 1.82) is 0 Å². The number of halogens is 2. The summed E-state index contributed by atoms with van der Waals surface area (Å²) in [5, 5.41) is 22.3. The second-order valence-electron chi connectivity index (χ2n) is 7.74. The number of fused-ring (bicyclic) bond motifs is 3. The molecule has 8 nitrogen and oxygen atoms in total. The van der Waals surface area contributed by atoms with E-state index in [0.29, 0.717) is 0 Å². The number of aliphatic hydroxyl groups excluding tert-OH is 1. The summed E-state index contributed by atoms with van der Waals surface area (Å²) < 4.78 is 32.0. The van der Waals surface area contributed by atoms with Crippen molar-refractivity contribution in [3.63, 3.8) is 0 Å². The number of ether oxygens (including phenoxy) is 1. The first kappa shape index (κ1) is 24.1. The molecule has 0 heterocycles. The monoisotopic (exact) mass is 462 g/mol. The summed E-state index contributed by atoms with van der Waals surface area (Å²) in [6.07, 6.45) is -6.56. The van der Waals surface area contributed by atoms with E-state index < -0.39 is 49.0 Å². The van der Waals surface area contributed by atoms with Crippen molar-refractivity contribution in [2.24, 2.45) is 0 Å². The lowest BCUT2D eigenvalue weighted by atomic mass is 9.98. The van der Waals surface area contributed by atoms with Crippen molar-refractivity contribution in [2.75, 3.05) is 6.61 Å². The third-order valence-electron chi connectivity index (χ3n) is 5.42. The molecular formula is C23H24F2N2O6. The highest BCUT2D eigenvalue weighted by atomic mass is 19.3. The fourth-order valence-electron chi connectivity index (χ4n) is 3.82. The predicted octanol–water partition coefficient (Wildman–Crippen LogP) is 2.50. The molecule has 0 bridgehead atoms. The van der Waals surface area contributed by atoms with Crippen LogP contribution in [0.25, 0.3) is 11.1 Å². The van der Waals surface area contributed by atoms with Crippen molar-refractivity contribution in [2.45, 2.75) is 43.9 Å². The van der Waals surface area contributed by atoms with Gasteiger partial charge in [-0.1, -0.05) is 48.5 Å². The van der Waals surface area contributed by atoms with E-state index in [9.17, 15) is 28.3 Å². The topological polar surface area (TPSA) is 125 Å². The Kier molecular flexibility index (Phi) is 7.59. The van der Waals surface area contributed by atoms with E-state index in [1.54, 1.807) is 0 Å². The highest BCUT2D eigenvalue weighted by molar-refractivity contribution is 5.84. The molecule has 176 valence electrons. The number of hydrogen-bond acceptors (Lipinski definition) is 5. The Bertz CT molecular complexity index is 984. The van der Waals surface area contributed by atoms with E-state index in [1.807, 2.05) is 59.2 Å². The van der Waals surface area contributed by atoms with E-state index >= 15 is 0 Å². The maximum absolute atomic E-state index is 13.4. The lowest BCUT2D eigenvalue weighted by Gasteiger charge is -2.21. The number of carboxylic acid groups (broad SMARTS) is 1. The Morgan fingerprint density at radius 2 is 1.55 bits per heavy atom. The molecule has 0 aromatic heterocycles. The molecular weight excluding hydrogens is 438 g/mol. The van der Waals surface area contributed by atoms with Crippen LogP contribution >= 0.6 is 0 Å². The molecule has 33 heavy (non-hydrogen) atoms. The summed E-state index contributed by atoms with van der Waals surface area (Å²) >= 11 is 0. The van der Waals surface area contributed by atoms with Gasteiger partial charge in [0.05, 0.1) is 12.5 Å². The number of carboxylic acids is 1. The smallest absolute Gasteiger partial charge is 0.407 e. The molecule has 1 aliphatic carbocycles. The molecule has 2 aromatic carbocycles. The highest BCUT2D eigenvalue weighted by Gasteiger charge is 2.32. The lowest BCUT2D eigenvalue weighted by molar-refractivity contribution is -0.145. The van der Waals surface area contributed by atoms with Crippen LogP contribution in [-0.4, -0.2) is 59.4 Å². The lowest BCUT2D eigenvalue weighted by Crippen LogP contribution is -2.50. The molecule has 0 spiro atoms. The molecule has 0 radical (unpaired) electrons. The Labute approximate surface area is 188 Å². The van der Waals surface area contributed by atoms with Crippen LogP contribution in [0.3, 0.4) is 0 Å². The largest absolute Gasteiger partial charge is 0.480 e. The standard InChI is InChI=1S/C23H24F2N2O6/c1-12(28)20(22(30)31)27-19(29)10-18(21(24)25)26-23(32)33-11-17-15-8-4-2-6-13(15)14-7-3-5-9-16(14)17/h2-9,12,17-18,20-21,28H,10-11H2,1H3,(H,26,32)(H,27,29)(H,30,31). The minimum atomic E-state index is -3.11. The molecule has 0 fully saturated rings. The van der Waals surface area contributed by atoms with Gasteiger partial charge in [0, 0.05) is 5.92 Å². The summed E-state index contributed by atoms with van der Waals surface area (Å²) in [4.78, 5) is 35.3. The molecule has 3 atom stereocenters. The van der Waals surface area contributed by atoms with E-state index in [-0.39, 0.29) is 12.5 Å². The number of alkyl halides is 2. The molecule has 3 unspecified atom stereocenters. The number of nitrogens with one attached hydrogen (secondary N) is 2. The average molecular weight is 462 g/mol. The molecule has 0 saturated heterocycles. The van der Waals surface area contributed by atoms with Gasteiger partial charge in [0.2, 0.25) is 5.91 Å². The maximum Gasteiger partial charge on any atom is 0.407 e. The summed E-state index contributed by atoms with van der Waals surface area (Å²) in [7, 11) is 0. The molecule has 2 aromatic rings. The first-order chi connectivity index (χ1) is 15.7. The number of aliphatic hydroxyl groups is 1. The highest BCUT2D eigenvalue weighted by Crippen LogP contribution is 2.44. The van der Waals surface area contributed by atoms with Crippen LogP contribution in [0.15, 0.2) is 48.5 Å². The molecule has 10 heteroatoms. The number of rotatable bonds is 9. The third kappa shape index (κ3) is 5.64. The van der Waals surface area contributed by atoms with E-state index in [4.69, 9.17) is 9.84 Å². The number of hydrogen-bond donors (Lipinski definition) is 4. The Morgan fingerprint density at radius 1 is 1.00 bits per heavy atom. The van der Waals surface area contributed by atoms with Gasteiger partial charge in [-0.05, 0) is 29.2 Å². The quantitative estimate of drug-likeness (QED) is 0.454. The molecule has 3 rings (SSSR count). The summed E-state index contributed by atoms with van der Waals surface area (Å²) in [5.74, 6) is -2.84. The number of amides is 2. The van der Waals surface area contributed by atoms with Crippen LogP contribution in [0.5, 0.6) is 0 Å². The van der Waals surface area contributed by atoms with Gasteiger partial charge in [-0.25, -0.2) is 18.4 Å². The zero-order valence-electron chi connectivity index (χ0n) is 17.7. The van der Waals surface area contributed by atoms with Crippen molar-refractivity contribution >= 4 is 18.0 Å². The Hall–Kier alpha value is -3.53. The molecule has 0 saturated carbocycles. The van der Waals surface area contributed by atoms with Crippen LogP contribution in [0.4, 0.5) is 13.6 Å². The maximum atomic E-state index is 13.4. The second-order valence-corrected chi connectivity index (χ2v) is 7.74. The van der Waals surface area contributed by atoms with E-state index in [2.05, 4.69) is 0 Å². The predicted molar refractivity (Wildman–Crippen MR) is 114 cm³/mol. The number of alkyl carbamates (subject to hydrolysis) is 1. The van der Waals surface area contributed by atoms with Crippen LogP contribution in [0.2, 0.25) is 0 Å². The van der Waals surface area contributed by atoms with Gasteiger partial charge in [-0.2, -0.15) is 0 Å². The Balaban J connectivity index is 1.61. The van der Waals surface area contributed by atoms with Gasteiger partial charge >= 0.3 is 12.1 Å². The van der Waals surface area contributed by atoms with Crippen molar-refractivity contribution in [3.8, 4) is 11.1 Å². The number of benzene rings is 2. The van der Waals surface area contributed by atoms with Gasteiger partial charge in [0.1, 0.15) is 12.6 Å². The van der Waals surface area contributed by atoms with Crippen LogP contribution in [0, 0.1) is 0 Å². The second kappa shape index (κ2) is 10.4. The van der Waals surface area contributed by atoms with Gasteiger partial charge in [0.15, 0.2) is 6.04 Å². The molecule has 0 aliphatic heterocycles. The average Bonchev–Trinajstić information content (AvgIpc) is 3.09. The zero-order chi connectivity index (χ0) is 24.1. The van der Waals surface area contributed by atoms with E-state index in [1.165, 1.54) is 0 Å². The van der Waals surface area contributed by atoms with Crippen molar-refractivity contribution < 1.29 is 38.1 Å². The number of carbonyl (C=O) groups excluding carboxylic acids is 2. The minimum Gasteiger partial charge on any atom is -0.480 e. The van der Waals surface area contributed by atoms with Gasteiger partial charge in [-0.15, -0.1) is 0 Å². The number of aliphatic carboxylic acids is 1. The fraction of sp³-hybridized carbons (Fsp3) is 0.348. The van der Waals surface area contributed by atoms with Crippen molar-refractivity contribution in [1.82, 2.24) is 10.6 Å². The van der Waals surface area contributed by atoms with Crippen LogP contribution in [0.1, 0.15) is 30.4 Å². The first-order valence-electron chi connectivity index (χ1n) is 10.3. The fourth-order valence-corrected chi connectivity index (χ4v) is 3.82. The molecule has 4 N–H and O–H groups in total. The Morgan fingerprint density at radius 3 is 2.03 bits per heavy atom. The van der Waals surface area contributed by atoms with Gasteiger partial charge in [-0.3, -0.25) is 4.79 Å². The summed E-state index contributed by atoms with van der Waals surface area (Å²) in [6, 6.07) is 11.7. The van der Waals surface area contributed by atoms with Crippen molar-refractivity contribution in [3.05, 3.63) is 59.7 Å².